The minimum absolute atomic E-state index is 0.0787. The Balaban J connectivity index is 1.85. The molecular formula is C13H15N3O2. The summed E-state index contributed by atoms with van der Waals surface area (Å²) in [7, 11) is 1.93. The van der Waals surface area contributed by atoms with Crippen molar-refractivity contribution in [2.75, 3.05) is 11.9 Å². The highest BCUT2D eigenvalue weighted by atomic mass is 16.3. The first-order chi connectivity index (χ1) is 8.64. The monoisotopic (exact) mass is 245 g/mol. The molecule has 1 aromatic carbocycles. The SMILES string of the molecule is Cn1cnc2cc(NC(=O)C3(CO)CC3)ccc21. The van der Waals surface area contributed by atoms with Gasteiger partial charge in [0.05, 0.1) is 29.4 Å². The lowest BCUT2D eigenvalue weighted by atomic mass is 10.1. The summed E-state index contributed by atoms with van der Waals surface area (Å²) in [6, 6.07) is 5.63. The van der Waals surface area contributed by atoms with Crippen LogP contribution in [0.25, 0.3) is 11.0 Å². The van der Waals surface area contributed by atoms with Crippen LogP contribution in [0, 0.1) is 5.41 Å². The Hall–Kier alpha value is -1.88. The number of amides is 1. The minimum atomic E-state index is -0.543. The second-order valence-electron chi connectivity index (χ2n) is 4.95. The third-order valence-electron chi connectivity index (χ3n) is 3.62. The van der Waals surface area contributed by atoms with Crippen molar-refractivity contribution in [3.63, 3.8) is 0 Å². The second kappa shape index (κ2) is 3.81. The standard InChI is InChI=1S/C13H15N3O2/c1-16-8-14-10-6-9(2-3-11(10)16)15-12(18)13(7-17)4-5-13/h2-3,6,8,17H,4-5,7H2,1H3,(H,15,18). The number of rotatable bonds is 3. The Morgan fingerprint density at radius 3 is 3.00 bits per heavy atom. The number of hydrogen-bond acceptors (Lipinski definition) is 3. The number of aliphatic hydroxyl groups excluding tert-OH is 1. The fraction of sp³-hybridized carbons (Fsp3) is 0.385. The van der Waals surface area contributed by atoms with Gasteiger partial charge in [-0.15, -0.1) is 0 Å². The predicted molar refractivity (Wildman–Crippen MR) is 68.1 cm³/mol. The van der Waals surface area contributed by atoms with E-state index < -0.39 is 5.41 Å². The van der Waals surface area contributed by atoms with Gasteiger partial charge in [0.2, 0.25) is 5.91 Å². The number of aryl methyl sites for hydroxylation is 1. The van der Waals surface area contributed by atoms with Crippen LogP contribution in [0.5, 0.6) is 0 Å². The zero-order valence-corrected chi connectivity index (χ0v) is 10.2. The highest BCUT2D eigenvalue weighted by Gasteiger charge is 2.49. The molecule has 18 heavy (non-hydrogen) atoms. The van der Waals surface area contributed by atoms with Crippen LogP contribution >= 0.6 is 0 Å². The average molecular weight is 245 g/mol. The number of anilines is 1. The zero-order valence-electron chi connectivity index (χ0n) is 10.2. The summed E-state index contributed by atoms with van der Waals surface area (Å²) in [4.78, 5) is 16.2. The summed E-state index contributed by atoms with van der Waals surface area (Å²) in [5.41, 5.74) is 2.06. The van der Waals surface area contributed by atoms with E-state index in [1.807, 2.05) is 29.8 Å². The van der Waals surface area contributed by atoms with E-state index in [0.717, 1.165) is 29.6 Å². The van der Waals surface area contributed by atoms with E-state index in [9.17, 15) is 9.90 Å². The third-order valence-corrected chi connectivity index (χ3v) is 3.62. The van der Waals surface area contributed by atoms with Gasteiger partial charge in [0.1, 0.15) is 0 Å². The Labute approximate surface area is 104 Å². The van der Waals surface area contributed by atoms with E-state index >= 15 is 0 Å². The van der Waals surface area contributed by atoms with Crippen LogP contribution in [0.15, 0.2) is 24.5 Å². The maximum absolute atomic E-state index is 12.0. The van der Waals surface area contributed by atoms with E-state index in [0.29, 0.717) is 0 Å². The van der Waals surface area contributed by atoms with Gasteiger partial charge in [-0.05, 0) is 31.0 Å². The highest BCUT2D eigenvalue weighted by molar-refractivity contribution is 5.98. The Kier molecular flexibility index (Phi) is 2.38. The van der Waals surface area contributed by atoms with Crippen LogP contribution in [-0.2, 0) is 11.8 Å². The van der Waals surface area contributed by atoms with E-state index in [1.54, 1.807) is 6.33 Å². The lowest BCUT2D eigenvalue weighted by Gasteiger charge is -2.12. The van der Waals surface area contributed by atoms with Crippen molar-refractivity contribution in [2.45, 2.75) is 12.8 Å². The second-order valence-corrected chi connectivity index (χ2v) is 4.95. The van der Waals surface area contributed by atoms with Crippen molar-refractivity contribution in [3.05, 3.63) is 24.5 Å². The number of imidazole rings is 1. The molecule has 3 rings (SSSR count). The maximum Gasteiger partial charge on any atom is 0.232 e. The molecule has 0 aliphatic heterocycles. The van der Waals surface area contributed by atoms with Crippen LogP contribution in [-0.4, -0.2) is 27.2 Å². The Bertz CT molecular complexity index is 614. The lowest BCUT2D eigenvalue weighted by Crippen LogP contribution is -2.27. The summed E-state index contributed by atoms with van der Waals surface area (Å²) in [6.07, 6.45) is 3.27. The molecule has 0 radical (unpaired) electrons. The Morgan fingerprint density at radius 1 is 1.56 bits per heavy atom. The first-order valence-corrected chi connectivity index (χ1v) is 5.98. The number of carbonyl (C=O) groups is 1. The van der Waals surface area contributed by atoms with E-state index in [-0.39, 0.29) is 12.5 Å². The summed E-state index contributed by atoms with van der Waals surface area (Å²) in [5, 5.41) is 12.1. The van der Waals surface area contributed by atoms with Crippen molar-refractivity contribution in [1.29, 1.82) is 0 Å². The molecular weight excluding hydrogens is 230 g/mol. The van der Waals surface area contributed by atoms with Crippen LogP contribution in [0.3, 0.4) is 0 Å². The summed E-state index contributed by atoms with van der Waals surface area (Å²) < 4.78 is 1.93. The fourth-order valence-corrected chi connectivity index (χ4v) is 2.09. The largest absolute Gasteiger partial charge is 0.395 e. The van der Waals surface area contributed by atoms with Crippen LogP contribution in [0.1, 0.15) is 12.8 Å². The van der Waals surface area contributed by atoms with Gasteiger partial charge in [-0.1, -0.05) is 0 Å². The highest BCUT2D eigenvalue weighted by Crippen LogP contribution is 2.45. The Morgan fingerprint density at radius 2 is 2.33 bits per heavy atom. The molecule has 1 saturated carbocycles. The fourth-order valence-electron chi connectivity index (χ4n) is 2.09. The molecule has 0 bridgehead atoms. The molecule has 5 nitrogen and oxygen atoms in total. The van der Waals surface area contributed by atoms with Crippen molar-refractivity contribution < 1.29 is 9.90 Å². The minimum Gasteiger partial charge on any atom is -0.395 e. The van der Waals surface area contributed by atoms with Gasteiger partial charge in [0, 0.05) is 12.7 Å². The zero-order chi connectivity index (χ0) is 12.8. The summed E-state index contributed by atoms with van der Waals surface area (Å²) in [5.74, 6) is -0.0970. The molecule has 94 valence electrons. The predicted octanol–water partition coefficient (Wildman–Crippen LogP) is 1.28. The number of nitrogens with zero attached hydrogens (tertiary/aromatic N) is 2. The molecule has 1 aromatic heterocycles. The smallest absolute Gasteiger partial charge is 0.232 e. The molecule has 1 amide bonds. The average Bonchev–Trinajstić information content (AvgIpc) is 3.10. The molecule has 0 atom stereocenters. The van der Waals surface area contributed by atoms with E-state index in [1.165, 1.54) is 0 Å². The van der Waals surface area contributed by atoms with E-state index in [2.05, 4.69) is 10.3 Å². The molecule has 0 unspecified atom stereocenters. The first-order valence-electron chi connectivity index (χ1n) is 5.98. The number of hydrogen-bond donors (Lipinski definition) is 2. The van der Waals surface area contributed by atoms with Crippen LogP contribution < -0.4 is 5.32 Å². The first kappa shape index (κ1) is 11.2. The van der Waals surface area contributed by atoms with E-state index in [4.69, 9.17) is 0 Å². The number of carbonyl (C=O) groups excluding carboxylic acids is 1. The van der Waals surface area contributed by atoms with Gasteiger partial charge < -0.3 is 15.0 Å². The number of fused-ring (bicyclic) bond motifs is 1. The van der Waals surface area contributed by atoms with Gasteiger partial charge in [-0.3, -0.25) is 4.79 Å². The van der Waals surface area contributed by atoms with Crippen molar-refractivity contribution in [3.8, 4) is 0 Å². The van der Waals surface area contributed by atoms with Gasteiger partial charge in [-0.2, -0.15) is 0 Å². The lowest BCUT2D eigenvalue weighted by molar-refractivity contribution is -0.122. The van der Waals surface area contributed by atoms with Crippen molar-refractivity contribution >= 4 is 22.6 Å². The molecule has 1 fully saturated rings. The molecule has 5 heteroatoms. The summed E-state index contributed by atoms with van der Waals surface area (Å²) in [6.45, 7) is -0.0787. The molecule has 1 aliphatic carbocycles. The van der Waals surface area contributed by atoms with Gasteiger partial charge in [0.15, 0.2) is 0 Å². The van der Waals surface area contributed by atoms with Gasteiger partial charge in [-0.25, -0.2) is 4.98 Å². The number of nitrogens with one attached hydrogen (secondary N) is 1. The van der Waals surface area contributed by atoms with Crippen LogP contribution in [0.2, 0.25) is 0 Å². The number of aliphatic hydroxyl groups is 1. The van der Waals surface area contributed by atoms with Crippen molar-refractivity contribution in [2.24, 2.45) is 12.5 Å². The third kappa shape index (κ3) is 1.67. The quantitative estimate of drug-likeness (QED) is 0.856. The van der Waals surface area contributed by atoms with Crippen LogP contribution in [0.4, 0.5) is 5.69 Å². The van der Waals surface area contributed by atoms with Gasteiger partial charge >= 0.3 is 0 Å². The molecule has 2 aromatic rings. The normalized spacial score (nSPS) is 16.8. The van der Waals surface area contributed by atoms with Gasteiger partial charge in [0.25, 0.3) is 0 Å². The molecule has 0 spiro atoms. The number of benzene rings is 1. The molecule has 2 N–H and O–H groups in total. The van der Waals surface area contributed by atoms with Crippen molar-refractivity contribution in [1.82, 2.24) is 9.55 Å². The summed E-state index contributed by atoms with van der Waals surface area (Å²) >= 11 is 0. The topological polar surface area (TPSA) is 67.2 Å². The number of aromatic nitrogens is 2. The molecule has 0 saturated heterocycles. The molecule has 1 aliphatic rings. The maximum atomic E-state index is 12.0. The molecule has 1 heterocycles.